The lowest BCUT2D eigenvalue weighted by molar-refractivity contribution is -0.137. The Morgan fingerprint density at radius 2 is 1.90 bits per heavy atom. The quantitative estimate of drug-likeness (QED) is 0.454. The van der Waals surface area contributed by atoms with Crippen LogP contribution in [0.3, 0.4) is 0 Å². The van der Waals surface area contributed by atoms with Crippen LogP contribution in [0.5, 0.6) is 0 Å². The summed E-state index contributed by atoms with van der Waals surface area (Å²) >= 11 is 0. The molecule has 0 aliphatic carbocycles. The summed E-state index contributed by atoms with van der Waals surface area (Å²) in [7, 11) is -0.200. The smallest absolute Gasteiger partial charge is 0.416 e. The summed E-state index contributed by atoms with van der Waals surface area (Å²) in [5.41, 5.74) is -0.968. The summed E-state index contributed by atoms with van der Waals surface area (Å²) in [6.07, 6.45) is -3.06. The van der Waals surface area contributed by atoms with Crippen LogP contribution in [0.25, 0.3) is 22.7 Å². The summed E-state index contributed by atoms with van der Waals surface area (Å²) in [4.78, 5) is 13.9. The van der Waals surface area contributed by atoms with Crippen molar-refractivity contribution in [3.63, 3.8) is 0 Å². The van der Waals surface area contributed by atoms with Crippen LogP contribution in [0, 0.1) is 0 Å². The zero-order valence-corrected chi connectivity index (χ0v) is 16.5. The average molecular weight is 426 g/mol. The Balaban J connectivity index is 2.20. The highest BCUT2D eigenvalue weighted by Crippen LogP contribution is 2.34. The lowest BCUT2D eigenvalue weighted by Gasteiger charge is -2.07. The molecule has 29 heavy (non-hydrogen) atoms. The lowest BCUT2D eigenvalue weighted by Crippen LogP contribution is -2.08. The van der Waals surface area contributed by atoms with E-state index in [1.165, 1.54) is 25.4 Å². The van der Waals surface area contributed by atoms with E-state index < -0.39 is 21.6 Å². The van der Waals surface area contributed by atoms with E-state index in [1.54, 1.807) is 19.0 Å². The van der Waals surface area contributed by atoms with Crippen LogP contribution in [-0.4, -0.2) is 49.5 Å². The largest absolute Gasteiger partial charge is 0.435 e. The van der Waals surface area contributed by atoms with Gasteiger partial charge in [0.1, 0.15) is 11.2 Å². The number of nitrogens with zero attached hydrogens (tertiary/aromatic N) is 4. The van der Waals surface area contributed by atoms with Crippen LogP contribution in [0.1, 0.15) is 12.5 Å². The highest BCUT2D eigenvalue weighted by atomic mass is 32.2. The Kier molecular flexibility index (Phi) is 5.35. The zero-order chi connectivity index (χ0) is 21.4. The second-order valence-electron chi connectivity index (χ2n) is 6.33. The molecule has 0 aliphatic heterocycles. The van der Waals surface area contributed by atoms with Gasteiger partial charge in [-0.25, -0.2) is 23.4 Å². The molecule has 0 unspecified atom stereocenters. The van der Waals surface area contributed by atoms with Crippen LogP contribution >= 0.6 is 0 Å². The number of oxazole rings is 1. The van der Waals surface area contributed by atoms with Gasteiger partial charge in [-0.2, -0.15) is 13.2 Å². The van der Waals surface area contributed by atoms with Gasteiger partial charge in [0.25, 0.3) is 0 Å². The summed E-state index contributed by atoms with van der Waals surface area (Å²) in [5, 5.41) is 0. The topological polar surface area (TPSA) is 88.7 Å². The van der Waals surface area contributed by atoms with Gasteiger partial charge in [0.2, 0.25) is 5.89 Å². The molecule has 0 aliphatic rings. The maximum atomic E-state index is 12.9. The predicted octanol–water partition coefficient (Wildman–Crippen LogP) is 3.92. The van der Waals surface area contributed by atoms with E-state index in [0.29, 0.717) is 0 Å². The third-order valence-corrected chi connectivity index (χ3v) is 5.66. The van der Waals surface area contributed by atoms with E-state index in [1.807, 2.05) is 0 Å². The monoisotopic (exact) mass is 426 g/mol. The van der Waals surface area contributed by atoms with E-state index in [4.69, 9.17) is 4.42 Å². The molecule has 2 heterocycles. The summed E-state index contributed by atoms with van der Waals surface area (Å²) in [6.45, 7) is 1.47. The molecule has 3 aromatic rings. The standard InChI is InChI=1S/C18H17F3N4O3S/c1-4-29(26,27)14-7-8-15(22-10-25(2)3)24-16(14)17-23-12-9-11(18(19,20)21)5-6-13(12)28-17/h5-10H,4H2,1-3H3/b22-10+. The maximum Gasteiger partial charge on any atom is 0.416 e. The fourth-order valence-corrected chi connectivity index (χ4v) is 3.46. The van der Waals surface area contributed by atoms with Crippen LogP contribution in [0.4, 0.5) is 19.0 Å². The Morgan fingerprint density at radius 3 is 2.52 bits per heavy atom. The third kappa shape index (κ3) is 4.39. The molecule has 0 spiro atoms. The molecular weight excluding hydrogens is 409 g/mol. The second kappa shape index (κ2) is 7.47. The highest BCUT2D eigenvalue weighted by Gasteiger charge is 2.31. The number of alkyl halides is 3. The van der Waals surface area contributed by atoms with Crippen LogP contribution < -0.4 is 0 Å². The van der Waals surface area contributed by atoms with Gasteiger partial charge in [-0.05, 0) is 30.3 Å². The normalized spacial score (nSPS) is 12.8. The van der Waals surface area contributed by atoms with Crippen molar-refractivity contribution >= 4 is 33.1 Å². The van der Waals surface area contributed by atoms with E-state index in [0.717, 1.165) is 18.2 Å². The minimum Gasteiger partial charge on any atom is -0.435 e. The lowest BCUT2D eigenvalue weighted by atomic mass is 10.2. The highest BCUT2D eigenvalue weighted by molar-refractivity contribution is 7.91. The van der Waals surface area contributed by atoms with Gasteiger partial charge in [0.05, 0.1) is 22.6 Å². The van der Waals surface area contributed by atoms with Gasteiger partial charge in [-0.1, -0.05) is 6.92 Å². The number of hydrogen-bond donors (Lipinski definition) is 0. The molecular formula is C18H17F3N4O3S. The van der Waals surface area contributed by atoms with Gasteiger partial charge >= 0.3 is 6.18 Å². The number of fused-ring (bicyclic) bond motifs is 1. The van der Waals surface area contributed by atoms with Crippen molar-refractivity contribution < 1.29 is 26.0 Å². The molecule has 7 nitrogen and oxygen atoms in total. The van der Waals surface area contributed by atoms with Crippen molar-refractivity contribution in [2.24, 2.45) is 4.99 Å². The SMILES string of the molecule is CCS(=O)(=O)c1ccc(/N=C/N(C)C)nc1-c1nc2cc(C(F)(F)F)ccc2o1. The average Bonchev–Trinajstić information content (AvgIpc) is 3.08. The predicted molar refractivity (Wildman–Crippen MR) is 102 cm³/mol. The van der Waals surface area contributed by atoms with Crippen molar-refractivity contribution in [2.75, 3.05) is 19.8 Å². The zero-order valence-electron chi connectivity index (χ0n) is 15.7. The first-order valence-electron chi connectivity index (χ1n) is 8.44. The number of aromatic nitrogens is 2. The Hall–Kier alpha value is -2.95. The minimum absolute atomic E-state index is 0.0568. The van der Waals surface area contributed by atoms with Gasteiger partial charge < -0.3 is 9.32 Å². The van der Waals surface area contributed by atoms with Crippen LogP contribution in [-0.2, 0) is 16.0 Å². The molecule has 3 rings (SSSR count). The Morgan fingerprint density at radius 1 is 1.17 bits per heavy atom. The second-order valence-corrected chi connectivity index (χ2v) is 8.57. The van der Waals surface area contributed by atoms with Crippen molar-refractivity contribution in [3.8, 4) is 11.6 Å². The molecule has 0 atom stereocenters. The maximum absolute atomic E-state index is 12.9. The molecule has 11 heteroatoms. The number of sulfone groups is 1. The number of pyridine rings is 1. The van der Waals surface area contributed by atoms with Crippen molar-refractivity contribution in [2.45, 2.75) is 18.0 Å². The Labute approximate surface area is 164 Å². The van der Waals surface area contributed by atoms with E-state index in [-0.39, 0.29) is 39.2 Å². The molecule has 2 aromatic heterocycles. The van der Waals surface area contributed by atoms with Gasteiger partial charge in [0, 0.05) is 14.1 Å². The summed E-state index contributed by atoms with van der Waals surface area (Å²) < 4.78 is 69.3. The van der Waals surface area contributed by atoms with Gasteiger partial charge in [-0.15, -0.1) is 0 Å². The van der Waals surface area contributed by atoms with Gasteiger partial charge in [-0.3, -0.25) is 0 Å². The fourth-order valence-electron chi connectivity index (χ4n) is 2.45. The molecule has 154 valence electrons. The first-order chi connectivity index (χ1) is 13.5. The minimum atomic E-state index is -4.54. The first-order valence-corrected chi connectivity index (χ1v) is 10.1. The van der Waals surface area contributed by atoms with Crippen molar-refractivity contribution in [3.05, 3.63) is 35.9 Å². The van der Waals surface area contributed by atoms with E-state index in [2.05, 4.69) is 15.0 Å². The molecule has 0 bridgehead atoms. The molecule has 0 amide bonds. The molecule has 1 aromatic carbocycles. The number of halogens is 3. The van der Waals surface area contributed by atoms with Crippen molar-refractivity contribution in [1.29, 1.82) is 0 Å². The first kappa shape index (κ1) is 20.8. The molecule has 0 saturated heterocycles. The Bertz CT molecular complexity index is 1180. The van der Waals surface area contributed by atoms with E-state index >= 15 is 0 Å². The molecule has 0 N–H and O–H groups in total. The fraction of sp³-hybridized carbons (Fsp3) is 0.278. The van der Waals surface area contributed by atoms with Crippen LogP contribution in [0.2, 0.25) is 0 Å². The molecule has 0 fully saturated rings. The summed E-state index contributed by atoms with van der Waals surface area (Å²) in [5.74, 6) is -0.198. The number of aliphatic imine (C=N–C) groups is 1. The number of hydrogen-bond acceptors (Lipinski definition) is 6. The van der Waals surface area contributed by atoms with Crippen LogP contribution in [0.15, 0.2) is 44.6 Å². The third-order valence-electron chi connectivity index (χ3n) is 3.90. The molecule has 0 saturated carbocycles. The van der Waals surface area contributed by atoms with Gasteiger partial charge in [0.15, 0.2) is 21.2 Å². The van der Waals surface area contributed by atoms with E-state index in [9.17, 15) is 21.6 Å². The van der Waals surface area contributed by atoms with Crippen molar-refractivity contribution in [1.82, 2.24) is 14.9 Å². The molecule has 0 radical (unpaired) electrons. The number of rotatable bonds is 5. The number of benzene rings is 1. The summed E-state index contributed by atoms with van der Waals surface area (Å²) in [6, 6.07) is 5.60.